The van der Waals surface area contributed by atoms with Gasteiger partial charge in [-0.1, -0.05) is 30.3 Å². The van der Waals surface area contributed by atoms with E-state index < -0.39 is 67.3 Å². The van der Waals surface area contributed by atoms with E-state index in [1.807, 2.05) is 0 Å². The van der Waals surface area contributed by atoms with E-state index in [4.69, 9.17) is 0 Å². The summed E-state index contributed by atoms with van der Waals surface area (Å²) in [7, 11) is -6.82. The maximum absolute atomic E-state index is 14.3. The van der Waals surface area contributed by atoms with Crippen molar-refractivity contribution in [1.82, 2.24) is 0 Å². The van der Waals surface area contributed by atoms with Crippen molar-refractivity contribution in [3.05, 3.63) is 35.9 Å². The van der Waals surface area contributed by atoms with E-state index in [2.05, 4.69) is 11.6 Å². The Balaban J connectivity index is 2.64. The third kappa shape index (κ3) is 3.12. The highest BCUT2D eigenvalue weighted by Crippen LogP contribution is 2.65. The Hall–Kier alpha value is -1.38. The average molecular weight is 517 g/mol. The number of alkyl halides is 13. The van der Waals surface area contributed by atoms with E-state index in [0.29, 0.717) is 0 Å². The molecule has 0 unspecified atom stereocenters. The molecule has 2 nitrogen and oxygen atoms in total. The topological polar surface area (TPSA) is 34.1 Å². The van der Waals surface area contributed by atoms with Gasteiger partial charge in [-0.05, 0) is 30.0 Å². The van der Waals surface area contributed by atoms with Crippen LogP contribution in [0.2, 0.25) is 0 Å². The quantitative estimate of drug-likeness (QED) is 0.311. The van der Waals surface area contributed by atoms with Crippen molar-refractivity contribution in [2.24, 2.45) is 0 Å². The molecule has 1 aromatic rings. The van der Waals surface area contributed by atoms with Gasteiger partial charge in [-0.25, -0.2) is 8.42 Å². The van der Waals surface area contributed by atoms with Gasteiger partial charge in [-0.3, -0.25) is 0 Å². The van der Waals surface area contributed by atoms with Crippen LogP contribution in [-0.4, -0.2) is 42.7 Å². The molecule has 2 rings (SSSR count). The first kappa shape index (κ1) is 25.9. The second-order valence-electron chi connectivity index (χ2n) is 6.68. The number of halogens is 13. The van der Waals surface area contributed by atoms with E-state index in [1.54, 1.807) is 0 Å². The lowest BCUT2D eigenvalue weighted by Crippen LogP contribution is -2.71. The summed E-state index contributed by atoms with van der Waals surface area (Å²) >= 11 is 3.58. The van der Waals surface area contributed by atoms with Crippen LogP contribution in [0.5, 0.6) is 0 Å². The summed E-state index contributed by atoms with van der Waals surface area (Å²) in [6, 6.07) is 5.05. The van der Waals surface area contributed by atoms with Crippen LogP contribution in [0.4, 0.5) is 52.7 Å². The number of hydrogen-bond acceptors (Lipinski definition) is 2. The Labute approximate surface area is 171 Å². The number of rotatable bonds is 8. The number of hydrogen-bond donors (Lipinski definition) is 0. The van der Waals surface area contributed by atoms with Crippen molar-refractivity contribution >= 4 is 21.4 Å². The van der Waals surface area contributed by atoms with E-state index in [1.165, 1.54) is 6.07 Å². The summed E-state index contributed by atoms with van der Waals surface area (Å²) in [6.07, 6.45) is -1.63. The average Bonchev–Trinajstić information content (AvgIpc) is 3.43. The Bertz CT molecular complexity index is 936. The van der Waals surface area contributed by atoms with E-state index in [-0.39, 0.29) is 0 Å². The van der Waals surface area contributed by atoms with Crippen LogP contribution in [0.25, 0.3) is 0 Å². The van der Waals surface area contributed by atoms with Gasteiger partial charge in [0.1, 0.15) is 4.75 Å². The maximum atomic E-state index is 14.3. The van der Waals surface area contributed by atoms with Gasteiger partial charge in [0.2, 0.25) is 9.84 Å². The van der Waals surface area contributed by atoms with Gasteiger partial charge in [0, 0.05) is 0 Å². The Morgan fingerprint density at radius 2 is 1.06 bits per heavy atom. The molecule has 1 aliphatic rings. The fraction of sp³-hybridized carbons (Fsp3) is 0.600. The zero-order valence-corrected chi connectivity index (χ0v) is 16.0. The largest absolute Gasteiger partial charge is 0.414 e. The molecule has 1 saturated carbocycles. The summed E-state index contributed by atoms with van der Waals surface area (Å²) in [4.78, 5) is 0. The van der Waals surface area contributed by atoms with Crippen LogP contribution in [0, 0.1) is 0 Å². The highest BCUT2D eigenvalue weighted by molar-refractivity contribution is 7.93. The SMILES string of the molecule is O=S(=O)(C1(c2ccccc2)CC1)C(F)(F)C(F)(F)C(F)(F)C(F)(F)C(F)(F)C(F)(F)Cl. The molecule has 0 saturated heterocycles. The molecule has 0 atom stereocenters. The van der Waals surface area contributed by atoms with Crippen LogP contribution in [-0.2, 0) is 14.6 Å². The fourth-order valence-corrected chi connectivity index (χ4v) is 4.90. The lowest BCUT2D eigenvalue weighted by Gasteiger charge is -2.40. The monoisotopic (exact) mass is 516 g/mol. The second-order valence-corrected chi connectivity index (χ2v) is 9.45. The minimum absolute atomic E-state index is 0.585. The lowest BCUT2D eigenvalue weighted by molar-refractivity contribution is -0.407. The minimum Gasteiger partial charge on any atom is -0.221 e. The number of sulfone groups is 1. The third-order valence-electron chi connectivity index (χ3n) is 4.76. The van der Waals surface area contributed by atoms with Crippen molar-refractivity contribution in [2.45, 2.75) is 51.9 Å². The molecule has 1 aromatic carbocycles. The zero-order chi connectivity index (χ0) is 24.5. The van der Waals surface area contributed by atoms with Crippen molar-refractivity contribution in [3.8, 4) is 0 Å². The first-order valence-electron chi connectivity index (χ1n) is 7.82. The molecule has 31 heavy (non-hydrogen) atoms. The van der Waals surface area contributed by atoms with Crippen LogP contribution < -0.4 is 0 Å². The fourth-order valence-electron chi connectivity index (χ4n) is 2.74. The van der Waals surface area contributed by atoms with Crippen LogP contribution in [0.3, 0.4) is 0 Å². The second kappa shape index (κ2) is 6.81. The molecular formula is C15H9ClF12O2S. The zero-order valence-electron chi connectivity index (χ0n) is 14.4. The summed E-state index contributed by atoms with van der Waals surface area (Å²) in [5.74, 6) is -31.1. The smallest absolute Gasteiger partial charge is 0.221 e. The van der Waals surface area contributed by atoms with Gasteiger partial charge in [0.05, 0.1) is 0 Å². The highest BCUT2D eigenvalue weighted by Gasteiger charge is 2.93. The van der Waals surface area contributed by atoms with Gasteiger partial charge in [-0.15, -0.1) is 0 Å². The van der Waals surface area contributed by atoms with Crippen LogP contribution in [0.15, 0.2) is 30.3 Å². The predicted molar refractivity (Wildman–Crippen MR) is 81.8 cm³/mol. The molecule has 0 aliphatic heterocycles. The summed E-state index contributed by atoms with van der Waals surface area (Å²) in [6.45, 7) is 0. The first-order valence-corrected chi connectivity index (χ1v) is 9.68. The molecule has 0 spiro atoms. The molecule has 1 aliphatic carbocycles. The standard InChI is InChI=1S/C15H9ClF12O2S/c16-14(25,26)12(21,22)10(17,18)11(19,20)13(23,24)15(27,28)31(29,30)9(6-7-9)8-4-2-1-3-5-8/h1-5H,6-7H2. The summed E-state index contributed by atoms with van der Waals surface area (Å²) in [5, 5.41) is -13.7. The molecule has 0 aromatic heterocycles. The Kier molecular flexibility index (Phi) is 5.68. The van der Waals surface area contributed by atoms with Gasteiger partial charge >= 0.3 is 34.3 Å². The molecule has 178 valence electrons. The van der Waals surface area contributed by atoms with Crippen LogP contribution in [0.1, 0.15) is 18.4 Å². The minimum atomic E-state index is -7.99. The van der Waals surface area contributed by atoms with Crippen molar-refractivity contribution < 1.29 is 61.1 Å². The normalized spacial score (nSPS) is 18.7. The van der Waals surface area contributed by atoms with Crippen molar-refractivity contribution in [2.75, 3.05) is 0 Å². The third-order valence-corrected chi connectivity index (χ3v) is 7.60. The Morgan fingerprint density at radius 1 is 0.677 bits per heavy atom. The molecule has 0 heterocycles. The van der Waals surface area contributed by atoms with Gasteiger partial charge in [0.25, 0.3) is 0 Å². The summed E-state index contributed by atoms with van der Waals surface area (Å²) < 4.78 is 184. The van der Waals surface area contributed by atoms with E-state index in [0.717, 1.165) is 24.3 Å². The van der Waals surface area contributed by atoms with Gasteiger partial charge in [-0.2, -0.15) is 52.7 Å². The van der Waals surface area contributed by atoms with E-state index in [9.17, 15) is 61.1 Å². The molecule has 0 amide bonds. The molecule has 0 N–H and O–H groups in total. The molecule has 0 radical (unpaired) electrons. The van der Waals surface area contributed by atoms with E-state index >= 15 is 0 Å². The van der Waals surface area contributed by atoms with Gasteiger partial charge < -0.3 is 0 Å². The Morgan fingerprint density at radius 3 is 1.42 bits per heavy atom. The highest BCUT2D eigenvalue weighted by atomic mass is 35.5. The molecule has 1 fully saturated rings. The number of benzene rings is 1. The first-order chi connectivity index (χ1) is 13.6. The van der Waals surface area contributed by atoms with Crippen LogP contribution >= 0.6 is 11.6 Å². The predicted octanol–water partition coefficient (Wildman–Crippen LogP) is 6.06. The van der Waals surface area contributed by atoms with Crippen molar-refractivity contribution in [3.63, 3.8) is 0 Å². The van der Waals surface area contributed by atoms with Gasteiger partial charge in [0.15, 0.2) is 0 Å². The lowest BCUT2D eigenvalue weighted by atomic mass is 9.98. The molecule has 16 heteroatoms. The molecular weight excluding hydrogens is 508 g/mol. The molecule has 0 bridgehead atoms. The maximum Gasteiger partial charge on any atom is 0.414 e. The van der Waals surface area contributed by atoms with Crippen molar-refractivity contribution in [1.29, 1.82) is 0 Å². The summed E-state index contributed by atoms with van der Waals surface area (Å²) in [5.41, 5.74) is -0.585.